The molecule has 1 heterocycles. The molecule has 1 aromatic heterocycles. The quantitative estimate of drug-likeness (QED) is 0.748. The van der Waals surface area contributed by atoms with Gasteiger partial charge in [-0.1, -0.05) is 0 Å². The summed E-state index contributed by atoms with van der Waals surface area (Å²) >= 11 is 0. The van der Waals surface area contributed by atoms with Crippen molar-refractivity contribution in [3.8, 4) is 17.2 Å². The molecule has 0 saturated carbocycles. The maximum Gasteiger partial charge on any atom is 0.244 e. The average molecular weight is 340 g/mol. The number of nitrogens with zero attached hydrogens (tertiary/aromatic N) is 1. The molecule has 6 heteroatoms. The number of carbonyl (C=O) groups excluding carboxylic acids is 1. The van der Waals surface area contributed by atoms with Gasteiger partial charge in [-0.3, -0.25) is 4.79 Å². The number of ether oxygens (including phenoxy) is 3. The molecule has 0 aliphatic carbocycles. The van der Waals surface area contributed by atoms with E-state index in [1.54, 1.807) is 39.5 Å². The zero-order chi connectivity index (χ0) is 17.8. The number of benzene rings is 2. The second-order valence-corrected chi connectivity index (χ2v) is 5.49. The summed E-state index contributed by atoms with van der Waals surface area (Å²) in [6.07, 6.45) is 1.89. The van der Waals surface area contributed by atoms with Crippen molar-refractivity contribution in [3.63, 3.8) is 0 Å². The zero-order valence-corrected chi connectivity index (χ0v) is 14.4. The van der Waals surface area contributed by atoms with E-state index in [-0.39, 0.29) is 12.5 Å². The highest BCUT2D eigenvalue weighted by atomic mass is 16.5. The van der Waals surface area contributed by atoms with Crippen LogP contribution in [0.4, 0.5) is 5.69 Å². The number of fused-ring (bicyclic) bond motifs is 1. The summed E-state index contributed by atoms with van der Waals surface area (Å²) in [5.41, 5.74) is 1.63. The molecule has 2 aromatic carbocycles. The van der Waals surface area contributed by atoms with E-state index in [0.717, 1.165) is 16.7 Å². The predicted molar refractivity (Wildman–Crippen MR) is 96.7 cm³/mol. The van der Waals surface area contributed by atoms with Crippen molar-refractivity contribution in [1.82, 2.24) is 4.57 Å². The lowest BCUT2D eigenvalue weighted by Gasteiger charge is -2.11. The van der Waals surface area contributed by atoms with E-state index in [4.69, 9.17) is 14.2 Å². The van der Waals surface area contributed by atoms with Crippen LogP contribution in [0.15, 0.2) is 48.7 Å². The van der Waals surface area contributed by atoms with Crippen molar-refractivity contribution in [2.45, 2.75) is 6.54 Å². The van der Waals surface area contributed by atoms with Gasteiger partial charge in [0.05, 0.1) is 21.3 Å². The van der Waals surface area contributed by atoms with Gasteiger partial charge in [-0.25, -0.2) is 0 Å². The minimum absolute atomic E-state index is 0.125. The highest BCUT2D eigenvalue weighted by molar-refractivity contribution is 5.92. The van der Waals surface area contributed by atoms with E-state index in [0.29, 0.717) is 17.2 Å². The molecule has 130 valence electrons. The Hall–Kier alpha value is -3.15. The van der Waals surface area contributed by atoms with Gasteiger partial charge in [-0.15, -0.1) is 0 Å². The Morgan fingerprint density at radius 3 is 2.48 bits per heavy atom. The molecule has 0 fully saturated rings. The maximum absolute atomic E-state index is 12.4. The van der Waals surface area contributed by atoms with Gasteiger partial charge in [-0.2, -0.15) is 0 Å². The van der Waals surface area contributed by atoms with Gasteiger partial charge in [0, 0.05) is 28.9 Å². The first kappa shape index (κ1) is 16.7. The lowest BCUT2D eigenvalue weighted by atomic mass is 10.2. The molecule has 0 atom stereocenters. The maximum atomic E-state index is 12.4. The summed E-state index contributed by atoms with van der Waals surface area (Å²) in [4.78, 5) is 12.4. The molecule has 25 heavy (non-hydrogen) atoms. The normalized spacial score (nSPS) is 10.5. The first-order chi connectivity index (χ1) is 12.1. The fourth-order valence-electron chi connectivity index (χ4n) is 2.71. The monoisotopic (exact) mass is 340 g/mol. The molecule has 0 saturated heterocycles. The Balaban J connectivity index is 1.74. The molecule has 1 amide bonds. The Labute approximate surface area is 145 Å². The summed E-state index contributed by atoms with van der Waals surface area (Å²) in [6.45, 7) is 0.212. The van der Waals surface area contributed by atoms with Gasteiger partial charge in [0.25, 0.3) is 0 Å². The van der Waals surface area contributed by atoms with Gasteiger partial charge in [0.1, 0.15) is 12.3 Å². The molecule has 1 N–H and O–H groups in total. The molecule has 0 spiro atoms. The lowest BCUT2D eigenvalue weighted by Crippen LogP contribution is -2.18. The van der Waals surface area contributed by atoms with Crippen LogP contribution >= 0.6 is 0 Å². The SMILES string of the molecule is COc1ccc2c(ccn2CC(=O)Nc2ccc(OC)c(OC)c2)c1. The molecule has 0 unspecified atom stereocenters. The van der Waals surface area contributed by atoms with Crippen molar-refractivity contribution < 1.29 is 19.0 Å². The first-order valence-corrected chi connectivity index (χ1v) is 7.79. The van der Waals surface area contributed by atoms with E-state index >= 15 is 0 Å². The minimum Gasteiger partial charge on any atom is -0.497 e. The molecular formula is C19H20N2O4. The number of carbonyl (C=O) groups is 1. The Morgan fingerprint density at radius 2 is 1.76 bits per heavy atom. The van der Waals surface area contributed by atoms with E-state index < -0.39 is 0 Å². The first-order valence-electron chi connectivity index (χ1n) is 7.79. The highest BCUT2D eigenvalue weighted by Crippen LogP contribution is 2.29. The molecule has 0 bridgehead atoms. The molecule has 3 aromatic rings. The minimum atomic E-state index is -0.125. The summed E-state index contributed by atoms with van der Waals surface area (Å²) < 4.78 is 17.6. The molecule has 3 rings (SSSR count). The Bertz CT molecular complexity index is 902. The van der Waals surface area contributed by atoms with Crippen molar-refractivity contribution in [1.29, 1.82) is 0 Å². The number of methoxy groups -OCH3 is 3. The van der Waals surface area contributed by atoms with Gasteiger partial charge in [0.2, 0.25) is 5.91 Å². The van der Waals surface area contributed by atoms with Gasteiger partial charge in [0.15, 0.2) is 11.5 Å². The van der Waals surface area contributed by atoms with Crippen LogP contribution in [0.2, 0.25) is 0 Å². The van der Waals surface area contributed by atoms with Gasteiger partial charge >= 0.3 is 0 Å². The number of amides is 1. The van der Waals surface area contributed by atoms with Crippen LogP contribution in [-0.2, 0) is 11.3 Å². The summed E-state index contributed by atoms with van der Waals surface area (Å²) in [5, 5.41) is 3.90. The van der Waals surface area contributed by atoms with Crippen LogP contribution in [-0.4, -0.2) is 31.8 Å². The number of hydrogen-bond acceptors (Lipinski definition) is 4. The predicted octanol–water partition coefficient (Wildman–Crippen LogP) is 3.31. The number of hydrogen-bond donors (Lipinski definition) is 1. The van der Waals surface area contributed by atoms with Crippen LogP contribution in [0.5, 0.6) is 17.2 Å². The van der Waals surface area contributed by atoms with Crippen LogP contribution in [0.1, 0.15) is 0 Å². The average Bonchev–Trinajstić information content (AvgIpc) is 3.03. The molecular weight excluding hydrogens is 320 g/mol. The fraction of sp³-hybridized carbons (Fsp3) is 0.211. The number of aromatic nitrogens is 1. The topological polar surface area (TPSA) is 61.7 Å². The lowest BCUT2D eigenvalue weighted by molar-refractivity contribution is -0.116. The third kappa shape index (κ3) is 3.52. The van der Waals surface area contributed by atoms with Crippen molar-refractivity contribution in [3.05, 3.63) is 48.7 Å². The Morgan fingerprint density at radius 1 is 0.960 bits per heavy atom. The van der Waals surface area contributed by atoms with Gasteiger partial charge in [-0.05, 0) is 36.4 Å². The summed E-state index contributed by atoms with van der Waals surface area (Å²) in [5.74, 6) is 1.85. The van der Waals surface area contributed by atoms with Crippen LogP contribution in [0.3, 0.4) is 0 Å². The van der Waals surface area contributed by atoms with Crippen molar-refractivity contribution in [2.24, 2.45) is 0 Å². The van der Waals surface area contributed by atoms with Crippen molar-refractivity contribution in [2.75, 3.05) is 26.6 Å². The zero-order valence-electron chi connectivity index (χ0n) is 14.4. The third-order valence-electron chi connectivity index (χ3n) is 3.96. The van der Waals surface area contributed by atoms with E-state index in [9.17, 15) is 4.79 Å². The van der Waals surface area contributed by atoms with Crippen molar-refractivity contribution >= 4 is 22.5 Å². The highest BCUT2D eigenvalue weighted by Gasteiger charge is 2.10. The largest absolute Gasteiger partial charge is 0.497 e. The summed E-state index contributed by atoms with van der Waals surface area (Å²) in [6, 6.07) is 13.0. The van der Waals surface area contributed by atoms with Crippen LogP contribution < -0.4 is 19.5 Å². The van der Waals surface area contributed by atoms with Crippen LogP contribution in [0.25, 0.3) is 10.9 Å². The van der Waals surface area contributed by atoms with E-state index in [1.165, 1.54) is 0 Å². The molecule has 0 aliphatic rings. The molecule has 0 aliphatic heterocycles. The van der Waals surface area contributed by atoms with Crippen LogP contribution in [0, 0.1) is 0 Å². The molecule has 0 radical (unpaired) electrons. The van der Waals surface area contributed by atoms with Gasteiger partial charge < -0.3 is 24.1 Å². The second-order valence-electron chi connectivity index (χ2n) is 5.49. The third-order valence-corrected chi connectivity index (χ3v) is 3.96. The molecule has 6 nitrogen and oxygen atoms in total. The summed E-state index contributed by atoms with van der Waals surface area (Å²) in [7, 11) is 4.76. The number of anilines is 1. The fourth-order valence-corrected chi connectivity index (χ4v) is 2.71. The number of nitrogens with one attached hydrogen (secondary N) is 1. The Kier molecular flexibility index (Phi) is 4.79. The number of rotatable bonds is 6. The smallest absolute Gasteiger partial charge is 0.244 e. The standard InChI is InChI=1S/C19H20N2O4/c1-23-15-5-6-16-13(10-15)8-9-21(16)12-19(22)20-14-4-7-17(24-2)18(11-14)25-3/h4-11H,12H2,1-3H3,(H,20,22). The second kappa shape index (κ2) is 7.17. The van der Waals surface area contributed by atoms with E-state index in [1.807, 2.05) is 35.0 Å². The van der Waals surface area contributed by atoms with E-state index in [2.05, 4.69) is 5.32 Å².